The Hall–Kier alpha value is -1.26. The molecule has 1 aliphatic heterocycles. The molecule has 0 radical (unpaired) electrons. The molecule has 0 bridgehead atoms. The average Bonchev–Trinajstić information content (AvgIpc) is 2.39. The number of rotatable bonds is 4. The van der Waals surface area contributed by atoms with Gasteiger partial charge >= 0.3 is 0 Å². The van der Waals surface area contributed by atoms with Crippen molar-refractivity contribution in [2.75, 3.05) is 32.7 Å². The number of Topliss-reactive ketones (excluding diaryl/α,β-unsaturated/α-hetero) is 1. The molecule has 2 rings (SSSR count). The van der Waals surface area contributed by atoms with Crippen molar-refractivity contribution in [2.24, 2.45) is 5.92 Å². The van der Waals surface area contributed by atoms with Crippen LogP contribution in [0, 0.1) is 11.7 Å². The van der Waals surface area contributed by atoms with E-state index in [2.05, 4.69) is 10.2 Å². The van der Waals surface area contributed by atoms with Gasteiger partial charge < -0.3 is 10.2 Å². The highest BCUT2D eigenvalue weighted by atomic mass is 19.1. The molecule has 18 heavy (non-hydrogen) atoms. The van der Waals surface area contributed by atoms with Gasteiger partial charge in [0.2, 0.25) is 0 Å². The van der Waals surface area contributed by atoms with Gasteiger partial charge in [-0.1, -0.05) is 19.1 Å². The highest BCUT2D eigenvalue weighted by molar-refractivity contribution is 5.98. The fraction of sp³-hybridized carbons (Fsp3) is 0.500. The summed E-state index contributed by atoms with van der Waals surface area (Å²) < 4.78 is 13.5. The predicted molar refractivity (Wildman–Crippen MR) is 69.2 cm³/mol. The minimum Gasteiger partial charge on any atom is -0.314 e. The first-order valence-electron chi connectivity index (χ1n) is 6.40. The molecule has 4 heteroatoms. The molecule has 1 aromatic carbocycles. The summed E-state index contributed by atoms with van der Waals surface area (Å²) >= 11 is 0. The number of benzene rings is 1. The van der Waals surface area contributed by atoms with Crippen molar-refractivity contribution in [1.82, 2.24) is 10.2 Å². The van der Waals surface area contributed by atoms with Crippen LogP contribution in [-0.4, -0.2) is 43.4 Å². The molecule has 0 saturated carbocycles. The summed E-state index contributed by atoms with van der Waals surface area (Å²) in [5.41, 5.74) is 0.208. The number of nitrogens with zero attached hydrogens (tertiary/aromatic N) is 1. The van der Waals surface area contributed by atoms with E-state index in [1.807, 2.05) is 6.92 Å². The summed E-state index contributed by atoms with van der Waals surface area (Å²) in [6, 6.07) is 6.21. The van der Waals surface area contributed by atoms with Crippen LogP contribution in [0.25, 0.3) is 0 Å². The van der Waals surface area contributed by atoms with E-state index < -0.39 is 5.82 Å². The molecule has 0 aromatic heterocycles. The zero-order valence-electron chi connectivity index (χ0n) is 10.7. The molecule has 0 amide bonds. The lowest BCUT2D eigenvalue weighted by Crippen LogP contribution is -2.45. The number of hydrogen-bond acceptors (Lipinski definition) is 3. The van der Waals surface area contributed by atoms with E-state index in [4.69, 9.17) is 0 Å². The number of piperazine rings is 1. The predicted octanol–water partition coefficient (Wildman–Crippen LogP) is 1.55. The molecule has 0 spiro atoms. The summed E-state index contributed by atoms with van der Waals surface area (Å²) in [7, 11) is 0. The van der Waals surface area contributed by atoms with Crippen LogP contribution < -0.4 is 5.32 Å². The summed E-state index contributed by atoms with van der Waals surface area (Å²) in [4.78, 5) is 14.4. The molecule has 1 heterocycles. The second-order valence-corrected chi connectivity index (χ2v) is 4.80. The van der Waals surface area contributed by atoms with Gasteiger partial charge in [0.15, 0.2) is 5.78 Å². The SMILES string of the molecule is CC(CN1CCNCC1)C(=O)c1ccccc1F. The first-order valence-corrected chi connectivity index (χ1v) is 6.40. The lowest BCUT2D eigenvalue weighted by Gasteiger charge is -2.29. The maximum atomic E-state index is 13.5. The number of halogens is 1. The Morgan fingerprint density at radius 1 is 1.39 bits per heavy atom. The van der Waals surface area contributed by atoms with Gasteiger partial charge in [0.1, 0.15) is 5.82 Å². The Balaban J connectivity index is 1.98. The molecule has 1 N–H and O–H groups in total. The van der Waals surface area contributed by atoms with Gasteiger partial charge in [-0.2, -0.15) is 0 Å². The topological polar surface area (TPSA) is 32.3 Å². The van der Waals surface area contributed by atoms with Crippen LogP contribution in [0.3, 0.4) is 0 Å². The highest BCUT2D eigenvalue weighted by Gasteiger charge is 2.21. The third kappa shape index (κ3) is 3.15. The molecule has 1 unspecified atom stereocenters. The molecule has 1 aliphatic rings. The molecule has 1 atom stereocenters. The van der Waals surface area contributed by atoms with Crippen LogP contribution in [0.2, 0.25) is 0 Å². The van der Waals surface area contributed by atoms with Crippen molar-refractivity contribution in [1.29, 1.82) is 0 Å². The van der Waals surface area contributed by atoms with Crippen molar-refractivity contribution < 1.29 is 9.18 Å². The van der Waals surface area contributed by atoms with E-state index in [1.165, 1.54) is 6.07 Å². The number of hydrogen-bond donors (Lipinski definition) is 1. The van der Waals surface area contributed by atoms with E-state index in [-0.39, 0.29) is 17.3 Å². The third-order valence-electron chi connectivity index (χ3n) is 3.33. The summed E-state index contributed by atoms with van der Waals surface area (Å²) in [6.07, 6.45) is 0. The Labute approximate surface area is 107 Å². The van der Waals surface area contributed by atoms with Crippen molar-refractivity contribution in [3.63, 3.8) is 0 Å². The van der Waals surface area contributed by atoms with E-state index in [0.717, 1.165) is 26.2 Å². The molecular weight excluding hydrogens is 231 g/mol. The van der Waals surface area contributed by atoms with Crippen LogP contribution in [0.4, 0.5) is 4.39 Å². The zero-order chi connectivity index (χ0) is 13.0. The second-order valence-electron chi connectivity index (χ2n) is 4.80. The van der Waals surface area contributed by atoms with Crippen LogP contribution in [0.15, 0.2) is 24.3 Å². The standard InChI is InChI=1S/C14H19FN2O/c1-11(10-17-8-6-16-7-9-17)14(18)12-4-2-3-5-13(12)15/h2-5,11,16H,6-10H2,1H3. The maximum Gasteiger partial charge on any atom is 0.169 e. The van der Waals surface area contributed by atoms with Gasteiger partial charge in [-0.25, -0.2) is 4.39 Å². The number of carbonyl (C=O) groups is 1. The van der Waals surface area contributed by atoms with Gasteiger partial charge in [0, 0.05) is 38.6 Å². The van der Waals surface area contributed by atoms with Gasteiger partial charge in [-0.15, -0.1) is 0 Å². The van der Waals surface area contributed by atoms with Crippen LogP contribution >= 0.6 is 0 Å². The second kappa shape index (κ2) is 6.07. The molecule has 3 nitrogen and oxygen atoms in total. The van der Waals surface area contributed by atoms with Crippen LogP contribution in [0.5, 0.6) is 0 Å². The van der Waals surface area contributed by atoms with Crippen LogP contribution in [0.1, 0.15) is 17.3 Å². The van der Waals surface area contributed by atoms with E-state index >= 15 is 0 Å². The zero-order valence-corrected chi connectivity index (χ0v) is 10.7. The fourth-order valence-corrected chi connectivity index (χ4v) is 2.29. The average molecular weight is 250 g/mol. The Kier molecular flexibility index (Phi) is 4.44. The van der Waals surface area contributed by atoms with E-state index in [9.17, 15) is 9.18 Å². The van der Waals surface area contributed by atoms with Crippen LogP contribution in [-0.2, 0) is 0 Å². The molecular formula is C14H19FN2O. The lowest BCUT2D eigenvalue weighted by atomic mass is 9.98. The third-order valence-corrected chi connectivity index (χ3v) is 3.33. The van der Waals surface area contributed by atoms with Gasteiger partial charge in [-0.05, 0) is 12.1 Å². The van der Waals surface area contributed by atoms with E-state index in [0.29, 0.717) is 6.54 Å². The quantitative estimate of drug-likeness (QED) is 0.823. The number of ketones is 1. The largest absolute Gasteiger partial charge is 0.314 e. The number of nitrogens with one attached hydrogen (secondary N) is 1. The molecule has 1 saturated heterocycles. The van der Waals surface area contributed by atoms with E-state index in [1.54, 1.807) is 18.2 Å². The summed E-state index contributed by atoms with van der Waals surface area (Å²) in [5, 5.41) is 3.27. The maximum absolute atomic E-state index is 13.5. The van der Waals surface area contributed by atoms with Gasteiger partial charge in [0.25, 0.3) is 0 Å². The smallest absolute Gasteiger partial charge is 0.169 e. The van der Waals surface area contributed by atoms with Gasteiger partial charge in [0.05, 0.1) is 5.56 Å². The molecule has 98 valence electrons. The first kappa shape index (κ1) is 13.2. The molecule has 1 fully saturated rings. The Bertz CT molecular complexity index is 416. The van der Waals surface area contributed by atoms with Crippen molar-refractivity contribution in [3.8, 4) is 0 Å². The highest BCUT2D eigenvalue weighted by Crippen LogP contribution is 2.14. The Morgan fingerprint density at radius 3 is 2.72 bits per heavy atom. The normalized spacial score (nSPS) is 18.6. The van der Waals surface area contributed by atoms with Crippen molar-refractivity contribution >= 4 is 5.78 Å². The van der Waals surface area contributed by atoms with Gasteiger partial charge in [-0.3, -0.25) is 4.79 Å². The lowest BCUT2D eigenvalue weighted by molar-refractivity contribution is 0.0883. The molecule has 0 aliphatic carbocycles. The minimum absolute atomic E-state index is 0.105. The fourth-order valence-electron chi connectivity index (χ4n) is 2.29. The Morgan fingerprint density at radius 2 is 2.06 bits per heavy atom. The molecule has 1 aromatic rings. The summed E-state index contributed by atoms with van der Waals surface area (Å²) in [5.74, 6) is -0.693. The minimum atomic E-state index is -0.422. The first-order chi connectivity index (χ1) is 8.68. The summed E-state index contributed by atoms with van der Waals surface area (Å²) in [6.45, 7) is 6.40. The number of carbonyl (C=O) groups excluding carboxylic acids is 1. The monoisotopic (exact) mass is 250 g/mol. The van der Waals surface area contributed by atoms with Crippen molar-refractivity contribution in [3.05, 3.63) is 35.6 Å². The van der Waals surface area contributed by atoms with Crippen molar-refractivity contribution in [2.45, 2.75) is 6.92 Å².